The van der Waals surface area contributed by atoms with Gasteiger partial charge >= 0.3 is 0 Å². The molecule has 0 saturated carbocycles. The van der Waals surface area contributed by atoms with Crippen LogP contribution in [0.1, 0.15) is 22.3 Å². The molecule has 0 spiro atoms. The number of hydrogen-bond donors (Lipinski definition) is 1. The van der Waals surface area contributed by atoms with Gasteiger partial charge < -0.3 is 5.32 Å². The van der Waals surface area contributed by atoms with Crippen molar-refractivity contribution in [2.45, 2.75) is 17.7 Å². The number of fused-ring (bicyclic) bond motifs is 2. The molecule has 0 bridgehead atoms. The molecular formula is C22H19N5O3S. The van der Waals surface area contributed by atoms with Crippen molar-refractivity contribution in [2.24, 2.45) is 0 Å². The van der Waals surface area contributed by atoms with Crippen LogP contribution in [-0.4, -0.2) is 35.5 Å². The van der Waals surface area contributed by atoms with Gasteiger partial charge in [0.25, 0.3) is 15.9 Å². The second-order valence-electron chi connectivity index (χ2n) is 7.22. The monoisotopic (exact) mass is 433 g/mol. The summed E-state index contributed by atoms with van der Waals surface area (Å²) in [6.45, 7) is 0.407. The Hall–Kier alpha value is -3.72. The third kappa shape index (κ3) is 3.42. The van der Waals surface area contributed by atoms with Crippen LogP contribution in [0.5, 0.6) is 0 Å². The van der Waals surface area contributed by atoms with Crippen molar-refractivity contribution in [3.63, 3.8) is 0 Å². The van der Waals surface area contributed by atoms with Crippen LogP contribution in [0.25, 0.3) is 5.65 Å². The van der Waals surface area contributed by atoms with Crippen LogP contribution < -0.4 is 9.62 Å². The summed E-state index contributed by atoms with van der Waals surface area (Å²) in [6, 6.07) is 16.9. The van der Waals surface area contributed by atoms with Crippen molar-refractivity contribution in [3.05, 3.63) is 84.2 Å². The van der Waals surface area contributed by atoms with E-state index in [1.807, 2.05) is 24.3 Å². The summed E-state index contributed by atoms with van der Waals surface area (Å²) in [7, 11) is -3.80. The number of sulfonamides is 1. The summed E-state index contributed by atoms with van der Waals surface area (Å²) in [6.07, 6.45) is 4.75. The second-order valence-corrected chi connectivity index (χ2v) is 9.08. The van der Waals surface area contributed by atoms with Crippen molar-refractivity contribution in [1.29, 1.82) is 0 Å². The molecule has 5 rings (SSSR count). The van der Waals surface area contributed by atoms with Gasteiger partial charge in [-0.2, -0.15) is 9.61 Å². The Labute approximate surface area is 179 Å². The van der Waals surface area contributed by atoms with Crippen LogP contribution in [0.3, 0.4) is 0 Å². The lowest BCUT2D eigenvalue weighted by Gasteiger charge is -2.30. The minimum Gasteiger partial charge on any atom is -0.306 e. The molecule has 0 atom stereocenters. The minimum atomic E-state index is -3.80. The van der Waals surface area contributed by atoms with Crippen LogP contribution in [0, 0.1) is 0 Å². The fourth-order valence-corrected chi connectivity index (χ4v) is 5.38. The van der Waals surface area contributed by atoms with Crippen LogP contribution >= 0.6 is 0 Å². The first-order valence-corrected chi connectivity index (χ1v) is 11.3. The van der Waals surface area contributed by atoms with Gasteiger partial charge in [-0.15, -0.1) is 0 Å². The Balaban J connectivity index is 1.46. The van der Waals surface area contributed by atoms with Gasteiger partial charge in [0.1, 0.15) is 5.82 Å². The molecule has 1 aliphatic rings. The first-order valence-electron chi connectivity index (χ1n) is 9.85. The molecule has 0 unspecified atom stereocenters. The standard InChI is InChI=1S/C22H19N5O3S/c28-22(25-21-10-12-23-20-11-13-24-27(20)21)17-6-3-8-18(15-17)31(29,30)26-14-4-7-16-5-1-2-9-19(16)26/h1-3,5-6,8-13,15H,4,7,14H2,(H,25,28). The van der Waals surface area contributed by atoms with E-state index in [2.05, 4.69) is 15.4 Å². The number of nitrogens with one attached hydrogen (secondary N) is 1. The van der Waals surface area contributed by atoms with Gasteiger partial charge in [-0.05, 0) is 48.7 Å². The van der Waals surface area contributed by atoms with Gasteiger partial charge in [0.05, 0.1) is 16.8 Å². The van der Waals surface area contributed by atoms with Crippen molar-refractivity contribution in [3.8, 4) is 0 Å². The smallest absolute Gasteiger partial charge is 0.264 e. The zero-order valence-electron chi connectivity index (χ0n) is 16.5. The highest BCUT2D eigenvalue weighted by atomic mass is 32.2. The molecule has 0 radical (unpaired) electrons. The molecule has 156 valence electrons. The van der Waals surface area contributed by atoms with Gasteiger partial charge in [0, 0.05) is 24.4 Å². The van der Waals surface area contributed by atoms with Crippen molar-refractivity contribution in [1.82, 2.24) is 14.6 Å². The Bertz CT molecular complexity index is 1400. The summed E-state index contributed by atoms with van der Waals surface area (Å²) >= 11 is 0. The van der Waals surface area contributed by atoms with E-state index in [4.69, 9.17) is 0 Å². The van der Waals surface area contributed by atoms with Crippen molar-refractivity contribution >= 4 is 33.1 Å². The number of rotatable bonds is 4. The number of para-hydroxylation sites is 1. The Morgan fingerprint density at radius 2 is 1.87 bits per heavy atom. The van der Waals surface area contributed by atoms with E-state index < -0.39 is 15.9 Å². The van der Waals surface area contributed by atoms with Crippen molar-refractivity contribution in [2.75, 3.05) is 16.2 Å². The summed E-state index contributed by atoms with van der Waals surface area (Å²) < 4.78 is 29.7. The van der Waals surface area contributed by atoms with Gasteiger partial charge in [-0.1, -0.05) is 24.3 Å². The van der Waals surface area contributed by atoms with Gasteiger partial charge in [-0.25, -0.2) is 13.4 Å². The number of benzene rings is 2. The number of nitrogens with zero attached hydrogens (tertiary/aromatic N) is 4. The van der Waals surface area contributed by atoms with Gasteiger partial charge in [0.2, 0.25) is 0 Å². The fraction of sp³-hybridized carbons (Fsp3) is 0.136. The maximum Gasteiger partial charge on any atom is 0.264 e. The molecule has 2 aromatic carbocycles. The summed E-state index contributed by atoms with van der Waals surface area (Å²) in [4.78, 5) is 17.1. The van der Waals surface area contributed by atoms with E-state index in [9.17, 15) is 13.2 Å². The number of aryl methyl sites for hydroxylation is 1. The average molecular weight is 433 g/mol. The van der Waals surface area contributed by atoms with E-state index in [1.54, 1.807) is 36.7 Å². The zero-order chi connectivity index (χ0) is 21.4. The maximum absolute atomic E-state index is 13.4. The lowest BCUT2D eigenvalue weighted by atomic mass is 10.0. The number of anilines is 2. The molecule has 9 heteroatoms. The van der Waals surface area contributed by atoms with Crippen LogP contribution in [0.4, 0.5) is 11.5 Å². The topological polar surface area (TPSA) is 96.7 Å². The zero-order valence-corrected chi connectivity index (χ0v) is 17.3. The Kier molecular flexibility index (Phi) is 4.67. The molecule has 1 aliphatic heterocycles. The summed E-state index contributed by atoms with van der Waals surface area (Å²) in [5.74, 6) is 0.0114. The first-order chi connectivity index (χ1) is 15.0. The molecule has 31 heavy (non-hydrogen) atoms. The predicted octanol–water partition coefficient (Wildman–Crippen LogP) is 3.12. The lowest BCUT2D eigenvalue weighted by molar-refractivity contribution is 0.102. The summed E-state index contributed by atoms with van der Waals surface area (Å²) in [5, 5.41) is 6.92. The second kappa shape index (κ2) is 7.51. The average Bonchev–Trinajstić information content (AvgIpc) is 3.29. The molecule has 2 aromatic heterocycles. The SMILES string of the molecule is O=C(Nc1ccnc2ccnn12)c1cccc(S(=O)(=O)N2CCCc3ccccc32)c1. The highest BCUT2D eigenvalue weighted by Crippen LogP contribution is 2.32. The number of hydrogen-bond acceptors (Lipinski definition) is 5. The Morgan fingerprint density at radius 3 is 2.77 bits per heavy atom. The van der Waals surface area contributed by atoms with E-state index in [0.29, 0.717) is 23.7 Å². The molecule has 3 heterocycles. The molecule has 0 aliphatic carbocycles. The van der Waals surface area contributed by atoms with Crippen LogP contribution in [-0.2, 0) is 16.4 Å². The van der Waals surface area contributed by atoms with Gasteiger partial charge in [-0.3, -0.25) is 9.10 Å². The molecule has 1 N–H and O–H groups in total. The molecular weight excluding hydrogens is 414 g/mol. The van der Waals surface area contributed by atoms with E-state index in [0.717, 1.165) is 18.4 Å². The third-order valence-corrected chi connectivity index (χ3v) is 7.09. The number of carbonyl (C=O) groups is 1. The highest BCUT2D eigenvalue weighted by molar-refractivity contribution is 7.92. The molecule has 0 saturated heterocycles. The van der Waals surface area contributed by atoms with Crippen molar-refractivity contribution < 1.29 is 13.2 Å². The predicted molar refractivity (Wildman–Crippen MR) is 117 cm³/mol. The van der Waals surface area contributed by atoms with Crippen LogP contribution in [0.15, 0.2) is 78.0 Å². The van der Waals surface area contributed by atoms with Gasteiger partial charge in [0.15, 0.2) is 5.65 Å². The molecule has 1 amide bonds. The maximum atomic E-state index is 13.4. The number of aromatic nitrogens is 3. The largest absolute Gasteiger partial charge is 0.306 e. The van der Waals surface area contributed by atoms with E-state index >= 15 is 0 Å². The highest BCUT2D eigenvalue weighted by Gasteiger charge is 2.29. The number of carbonyl (C=O) groups excluding carboxylic acids is 1. The van der Waals surface area contributed by atoms with E-state index in [1.165, 1.54) is 21.0 Å². The normalized spacial score (nSPS) is 13.7. The summed E-state index contributed by atoms with van der Waals surface area (Å²) in [5.41, 5.74) is 2.54. The Morgan fingerprint density at radius 1 is 1.00 bits per heavy atom. The third-order valence-electron chi connectivity index (χ3n) is 5.28. The molecule has 0 fully saturated rings. The minimum absolute atomic E-state index is 0.0795. The van der Waals surface area contributed by atoms with E-state index in [-0.39, 0.29) is 10.5 Å². The molecule has 8 nitrogen and oxygen atoms in total. The number of amides is 1. The quantitative estimate of drug-likeness (QED) is 0.533. The molecule has 4 aromatic rings. The lowest BCUT2D eigenvalue weighted by Crippen LogP contribution is -2.35. The first kappa shape index (κ1) is 19.3. The van der Waals surface area contributed by atoms with Crippen LogP contribution in [0.2, 0.25) is 0 Å². The fourth-order valence-electron chi connectivity index (χ4n) is 3.79.